The van der Waals surface area contributed by atoms with E-state index in [9.17, 15) is 0 Å². The van der Waals surface area contributed by atoms with Crippen molar-refractivity contribution in [3.8, 4) is 0 Å². The molecule has 0 saturated carbocycles. The molecule has 0 aliphatic heterocycles. The maximum atomic E-state index is 9.13. The van der Waals surface area contributed by atoms with Crippen molar-refractivity contribution in [1.29, 1.82) is 0 Å². The Bertz CT molecular complexity index is 180. The van der Waals surface area contributed by atoms with Crippen molar-refractivity contribution in [3.63, 3.8) is 0 Å². The molecular weight excluding hydrogens is 170 g/mol. The first-order valence-electron chi connectivity index (χ1n) is 2.99. The molecule has 0 aliphatic rings. The number of aromatic nitrogens is 3. The van der Waals surface area contributed by atoms with E-state index in [-0.39, 0.29) is 19.0 Å². The van der Waals surface area contributed by atoms with Crippen LogP contribution in [0.15, 0.2) is 6.20 Å². The van der Waals surface area contributed by atoms with Gasteiger partial charge in [-0.2, -0.15) is 15.4 Å². The highest BCUT2D eigenvalue weighted by atomic mass is 35.5. The molecule has 0 radical (unpaired) electrons. The van der Waals surface area contributed by atoms with Crippen LogP contribution in [0.1, 0.15) is 18.2 Å². The molecule has 5 nitrogen and oxygen atoms in total. The molecule has 1 atom stereocenters. The minimum Gasteiger partial charge on any atom is -0.396 e. The number of hydrogen-bond acceptors (Lipinski definition) is 4. The monoisotopic (exact) mass is 179 g/mol. The summed E-state index contributed by atoms with van der Waals surface area (Å²) in [5.41, 5.74) is 0.467. The van der Waals surface area contributed by atoms with Crippen molar-refractivity contribution in [1.82, 2.24) is 15.4 Å². The van der Waals surface area contributed by atoms with Crippen molar-refractivity contribution in [3.05, 3.63) is 11.9 Å². The molecule has 64 valence electrons. The van der Waals surface area contributed by atoms with Crippen LogP contribution in [0.4, 0.5) is 0 Å². The predicted octanol–water partition coefficient (Wildman–Crippen LogP) is -0.358. The van der Waals surface area contributed by atoms with E-state index < -0.39 is 6.10 Å². The zero-order valence-corrected chi connectivity index (χ0v) is 6.58. The van der Waals surface area contributed by atoms with Gasteiger partial charge >= 0.3 is 0 Å². The number of hydrogen-bond donors (Lipinski definition) is 3. The maximum Gasteiger partial charge on any atom is 0.111 e. The quantitative estimate of drug-likeness (QED) is 0.592. The third-order valence-electron chi connectivity index (χ3n) is 1.18. The van der Waals surface area contributed by atoms with Gasteiger partial charge in [-0.25, -0.2) is 0 Å². The van der Waals surface area contributed by atoms with Crippen LogP contribution in [0.25, 0.3) is 0 Å². The number of rotatable bonds is 3. The van der Waals surface area contributed by atoms with Crippen molar-refractivity contribution in [2.75, 3.05) is 6.61 Å². The maximum absolute atomic E-state index is 9.13. The Hall–Kier alpha value is -0.650. The Kier molecular flexibility index (Phi) is 4.76. The SMILES string of the molecule is Cl.OCCC(O)c1cn[nH]n1. The minimum absolute atomic E-state index is 0. The molecule has 1 aromatic heterocycles. The largest absolute Gasteiger partial charge is 0.396 e. The van der Waals surface area contributed by atoms with Gasteiger partial charge in [0.05, 0.1) is 6.20 Å². The van der Waals surface area contributed by atoms with Crippen molar-refractivity contribution in [2.24, 2.45) is 0 Å². The number of aliphatic hydroxyl groups is 2. The lowest BCUT2D eigenvalue weighted by Crippen LogP contribution is -2.00. The van der Waals surface area contributed by atoms with Gasteiger partial charge in [0.25, 0.3) is 0 Å². The molecule has 11 heavy (non-hydrogen) atoms. The number of nitrogens with zero attached hydrogens (tertiary/aromatic N) is 2. The average Bonchev–Trinajstić information content (AvgIpc) is 2.38. The van der Waals surface area contributed by atoms with E-state index in [0.717, 1.165) is 0 Å². The van der Waals surface area contributed by atoms with Crippen molar-refractivity contribution < 1.29 is 10.2 Å². The Labute approximate surface area is 69.9 Å². The molecule has 1 unspecified atom stereocenters. The lowest BCUT2D eigenvalue weighted by Gasteiger charge is -2.01. The van der Waals surface area contributed by atoms with E-state index in [1.807, 2.05) is 0 Å². The summed E-state index contributed by atoms with van der Waals surface area (Å²) in [5.74, 6) is 0. The van der Waals surface area contributed by atoms with Crippen molar-refractivity contribution in [2.45, 2.75) is 12.5 Å². The van der Waals surface area contributed by atoms with Gasteiger partial charge in [-0.3, -0.25) is 0 Å². The zero-order valence-electron chi connectivity index (χ0n) is 5.77. The van der Waals surface area contributed by atoms with Crippen LogP contribution in [0.2, 0.25) is 0 Å². The van der Waals surface area contributed by atoms with Gasteiger partial charge in [-0.1, -0.05) is 0 Å². The summed E-state index contributed by atoms with van der Waals surface area (Å²) in [6.07, 6.45) is 1.02. The Morgan fingerprint density at radius 2 is 2.36 bits per heavy atom. The van der Waals surface area contributed by atoms with Gasteiger partial charge in [0.15, 0.2) is 0 Å². The van der Waals surface area contributed by atoms with Crippen LogP contribution in [-0.2, 0) is 0 Å². The van der Waals surface area contributed by atoms with E-state index in [1.165, 1.54) is 6.20 Å². The van der Waals surface area contributed by atoms with Crippen LogP contribution in [-0.4, -0.2) is 32.2 Å². The summed E-state index contributed by atoms with van der Waals surface area (Å²) in [5, 5.41) is 27.1. The first-order valence-corrected chi connectivity index (χ1v) is 2.99. The molecule has 6 heteroatoms. The summed E-state index contributed by atoms with van der Waals surface area (Å²) >= 11 is 0. The zero-order chi connectivity index (χ0) is 7.40. The van der Waals surface area contributed by atoms with Crippen molar-refractivity contribution >= 4 is 12.4 Å². The van der Waals surface area contributed by atoms with Crippen LogP contribution in [0.3, 0.4) is 0 Å². The number of nitrogens with one attached hydrogen (secondary N) is 1. The lowest BCUT2D eigenvalue weighted by molar-refractivity contribution is 0.130. The second-order valence-electron chi connectivity index (χ2n) is 1.92. The molecule has 0 fully saturated rings. The highest BCUT2D eigenvalue weighted by Crippen LogP contribution is 2.10. The molecular formula is C5H10ClN3O2. The number of H-pyrrole nitrogens is 1. The highest BCUT2D eigenvalue weighted by molar-refractivity contribution is 5.85. The van der Waals surface area contributed by atoms with Gasteiger partial charge < -0.3 is 10.2 Å². The Balaban J connectivity index is 0.000001000. The number of halogens is 1. The topological polar surface area (TPSA) is 82.0 Å². The summed E-state index contributed by atoms with van der Waals surface area (Å²) in [7, 11) is 0. The molecule has 0 aromatic carbocycles. The molecule has 1 rings (SSSR count). The molecule has 0 amide bonds. The highest BCUT2D eigenvalue weighted by Gasteiger charge is 2.08. The summed E-state index contributed by atoms with van der Waals surface area (Å²) in [4.78, 5) is 0. The summed E-state index contributed by atoms with van der Waals surface area (Å²) < 4.78 is 0. The molecule has 0 saturated heterocycles. The minimum atomic E-state index is -0.705. The predicted molar refractivity (Wildman–Crippen MR) is 40.3 cm³/mol. The van der Waals surface area contributed by atoms with E-state index in [1.54, 1.807) is 0 Å². The molecule has 3 N–H and O–H groups in total. The molecule has 1 aromatic rings. The lowest BCUT2D eigenvalue weighted by atomic mass is 10.2. The van der Waals surface area contributed by atoms with Crippen LogP contribution >= 0.6 is 12.4 Å². The second kappa shape index (κ2) is 5.06. The van der Waals surface area contributed by atoms with Gasteiger partial charge in [-0.05, 0) is 0 Å². The third kappa shape index (κ3) is 2.83. The fourth-order valence-electron chi connectivity index (χ4n) is 0.641. The normalized spacial score (nSPS) is 12.2. The van der Waals surface area contributed by atoms with Crippen LogP contribution in [0.5, 0.6) is 0 Å². The summed E-state index contributed by atoms with van der Waals surface area (Å²) in [6.45, 7) is -0.0476. The van der Waals surface area contributed by atoms with E-state index in [2.05, 4.69) is 15.4 Å². The fourth-order valence-corrected chi connectivity index (χ4v) is 0.641. The van der Waals surface area contributed by atoms with Gasteiger partial charge in [-0.15, -0.1) is 12.4 Å². The number of aromatic amines is 1. The summed E-state index contributed by atoms with van der Waals surface area (Å²) in [6, 6.07) is 0. The molecule has 0 aliphatic carbocycles. The average molecular weight is 180 g/mol. The van der Waals surface area contributed by atoms with Crippen LogP contribution < -0.4 is 0 Å². The van der Waals surface area contributed by atoms with Crippen LogP contribution in [0, 0.1) is 0 Å². The first kappa shape index (κ1) is 10.3. The van der Waals surface area contributed by atoms with Gasteiger partial charge in [0, 0.05) is 13.0 Å². The first-order chi connectivity index (χ1) is 4.84. The van der Waals surface area contributed by atoms with Gasteiger partial charge in [0.1, 0.15) is 11.8 Å². The standard InChI is InChI=1S/C5H9N3O2.ClH/c9-2-1-5(10)4-3-6-8-7-4;/h3,5,9-10H,1-2H2,(H,6,7,8);1H. The Morgan fingerprint density at radius 1 is 1.64 bits per heavy atom. The van der Waals surface area contributed by atoms with E-state index in [0.29, 0.717) is 12.1 Å². The molecule has 1 heterocycles. The Morgan fingerprint density at radius 3 is 2.82 bits per heavy atom. The fraction of sp³-hybridized carbons (Fsp3) is 0.600. The number of aliphatic hydroxyl groups excluding tert-OH is 2. The van der Waals surface area contributed by atoms with Gasteiger partial charge in [0.2, 0.25) is 0 Å². The second-order valence-corrected chi connectivity index (χ2v) is 1.92. The molecule has 0 spiro atoms. The van der Waals surface area contributed by atoms with E-state index in [4.69, 9.17) is 10.2 Å². The van der Waals surface area contributed by atoms with E-state index >= 15 is 0 Å². The third-order valence-corrected chi connectivity index (χ3v) is 1.18. The smallest absolute Gasteiger partial charge is 0.111 e. The molecule has 0 bridgehead atoms.